The van der Waals surface area contributed by atoms with Gasteiger partial charge in [0, 0.05) is 12.6 Å². The van der Waals surface area contributed by atoms with Crippen LogP contribution < -0.4 is 10.6 Å². The molecular weight excluding hydrogens is 218 g/mol. The van der Waals surface area contributed by atoms with Gasteiger partial charge in [-0.25, -0.2) is 0 Å². The number of hydrogen-bond donors (Lipinski definition) is 2. The molecule has 5 heteroatoms. The second-order valence-electron chi connectivity index (χ2n) is 3.60. The van der Waals surface area contributed by atoms with Gasteiger partial charge in [0.1, 0.15) is 6.04 Å². The van der Waals surface area contributed by atoms with Crippen LogP contribution in [0, 0.1) is 11.3 Å². The predicted octanol–water partition coefficient (Wildman–Crippen LogP) is 1.02. The van der Waals surface area contributed by atoms with Crippen molar-refractivity contribution in [1.29, 1.82) is 5.26 Å². The van der Waals surface area contributed by atoms with Gasteiger partial charge in [-0.05, 0) is 25.1 Å². The van der Waals surface area contributed by atoms with E-state index >= 15 is 0 Å². The fourth-order valence-electron chi connectivity index (χ4n) is 1.29. The van der Waals surface area contributed by atoms with E-state index in [0.717, 1.165) is 0 Å². The number of anilines is 1. The number of benzene rings is 1. The summed E-state index contributed by atoms with van der Waals surface area (Å²) in [6, 6.07) is 7.94. The summed E-state index contributed by atoms with van der Waals surface area (Å²) in [5.74, 6) is -0.589. The normalized spacial score (nSPS) is 11.1. The lowest BCUT2D eigenvalue weighted by Gasteiger charge is -2.12. The monoisotopic (exact) mass is 231 g/mol. The van der Waals surface area contributed by atoms with Gasteiger partial charge < -0.3 is 10.6 Å². The molecule has 2 N–H and O–H groups in total. The molecule has 88 valence electrons. The van der Waals surface area contributed by atoms with Crippen LogP contribution in [0.1, 0.15) is 19.4 Å². The average molecular weight is 231 g/mol. The molecule has 0 aliphatic carbocycles. The molecule has 1 rings (SSSR count). The quantitative estimate of drug-likeness (QED) is 0.814. The molecule has 0 aliphatic heterocycles. The Hall–Kier alpha value is -2.35. The highest BCUT2D eigenvalue weighted by molar-refractivity contribution is 5.96. The zero-order valence-corrected chi connectivity index (χ0v) is 9.65. The summed E-state index contributed by atoms with van der Waals surface area (Å²) >= 11 is 0. The highest BCUT2D eigenvalue weighted by atomic mass is 16.2. The van der Waals surface area contributed by atoms with Gasteiger partial charge in [0.15, 0.2) is 0 Å². The second kappa shape index (κ2) is 5.66. The first kappa shape index (κ1) is 12.7. The molecule has 0 aliphatic rings. The van der Waals surface area contributed by atoms with E-state index in [1.165, 1.54) is 6.92 Å². The van der Waals surface area contributed by atoms with Crippen molar-refractivity contribution >= 4 is 17.5 Å². The van der Waals surface area contributed by atoms with Crippen molar-refractivity contribution in [2.45, 2.75) is 19.9 Å². The molecule has 17 heavy (non-hydrogen) atoms. The molecule has 2 amide bonds. The van der Waals surface area contributed by atoms with Crippen LogP contribution in [-0.4, -0.2) is 17.9 Å². The van der Waals surface area contributed by atoms with E-state index in [1.807, 2.05) is 6.07 Å². The molecule has 1 unspecified atom stereocenters. The molecule has 0 aromatic heterocycles. The summed E-state index contributed by atoms with van der Waals surface area (Å²) in [6.45, 7) is 2.94. The van der Waals surface area contributed by atoms with Crippen LogP contribution in [0.15, 0.2) is 24.3 Å². The standard InChI is InChI=1S/C12H13N3O2/c1-8(14-9(2)16)12(17)15-11-5-3-4-10(6-11)7-13/h3-6,8H,1-2H3,(H,14,16)(H,15,17). The zero-order valence-electron chi connectivity index (χ0n) is 9.65. The third-order valence-electron chi connectivity index (χ3n) is 2.07. The molecule has 0 radical (unpaired) electrons. The number of nitrogens with one attached hydrogen (secondary N) is 2. The van der Waals surface area contributed by atoms with Crippen molar-refractivity contribution in [3.8, 4) is 6.07 Å². The van der Waals surface area contributed by atoms with Crippen molar-refractivity contribution in [2.24, 2.45) is 0 Å². The fraction of sp³-hybridized carbons (Fsp3) is 0.250. The Balaban J connectivity index is 2.68. The van der Waals surface area contributed by atoms with Gasteiger partial charge in [0.25, 0.3) is 0 Å². The first-order valence-corrected chi connectivity index (χ1v) is 5.11. The lowest BCUT2D eigenvalue weighted by atomic mass is 10.2. The lowest BCUT2D eigenvalue weighted by molar-refractivity contribution is -0.124. The smallest absolute Gasteiger partial charge is 0.246 e. The number of rotatable bonds is 3. The Morgan fingerprint density at radius 1 is 1.41 bits per heavy atom. The fourth-order valence-corrected chi connectivity index (χ4v) is 1.29. The Bertz CT molecular complexity index is 477. The maximum atomic E-state index is 11.6. The summed E-state index contributed by atoms with van der Waals surface area (Å²) in [6.07, 6.45) is 0. The van der Waals surface area contributed by atoms with Crippen LogP contribution in [-0.2, 0) is 9.59 Å². The largest absolute Gasteiger partial charge is 0.345 e. The Labute approximate surface area is 99.4 Å². The lowest BCUT2D eigenvalue weighted by Crippen LogP contribution is -2.40. The van der Waals surface area contributed by atoms with Crippen molar-refractivity contribution in [3.05, 3.63) is 29.8 Å². The molecule has 1 atom stereocenters. The van der Waals surface area contributed by atoms with Crippen molar-refractivity contribution in [3.63, 3.8) is 0 Å². The SMILES string of the molecule is CC(=O)NC(C)C(=O)Nc1cccc(C#N)c1. The molecule has 0 bridgehead atoms. The van der Waals surface area contributed by atoms with Crippen molar-refractivity contribution < 1.29 is 9.59 Å². The summed E-state index contributed by atoms with van der Waals surface area (Å²) in [5, 5.41) is 13.8. The van der Waals surface area contributed by atoms with Gasteiger partial charge in [-0.3, -0.25) is 9.59 Å². The molecule has 0 saturated heterocycles. The van der Waals surface area contributed by atoms with E-state index in [1.54, 1.807) is 31.2 Å². The summed E-state index contributed by atoms with van der Waals surface area (Å²) in [4.78, 5) is 22.4. The molecule has 1 aromatic carbocycles. The van der Waals surface area contributed by atoms with Gasteiger partial charge in [-0.2, -0.15) is 5.26 Å². The van der Waals surface area contributed by atoms with Gasteiger partial charge in [-0.15, -0.1) is 0 Å². The number of hydrogen-bond acceptors (Lipinski definition) is 3. The molecule has 0 heterocycles. The van der Waals surface area contributed by atoms with Crippen molar-refractivity contribution in [2.75, 3.05) is 5.32 Å². The summed E-state index contributed by atoms with van der Waals surface area (Å²) < 4.78 is 0. The Morgan fingerprint density at radius 3 is 2.71 bits per heavy atom. The van der Waals surface area contributed by atoms with E-state index in [4.69, 9.17) is 5.26 Å². The van der Waals surface area contributed by atoms with E-state index in [2.05, 4.69) is 10.6 Å². The van der Waals surface area contributed by atoms with Crippen molar-refractivity contribution in [1.82, 2.24) is 5.32 Å². The van der Waals surface area contributed by atoms with Crippen LogP contribution in [0.25, 0.3) is 0 Å². The molecule has 0 fully saturated rings. The third kappa shape index (κ3) is 3.95. The molecule has 0 spiro atoms. The Kier molecular flexibility index (Phi) is 4.23. The number of amides is 2. The third-order valence-corrected chi connectivity index (χ3v) is 2.07. The minimum atomic E-state index is -0.613. The predicted molar refractivity (Wildman–Crippen MR) is 63.1 cm³/mol. The number of carbonyl (C=O) groups is 2. The summed E-state index contributed by atoms with van der Waals surface area (Å²) in [5.41, 5.74) is 1.00. The zero-order chi connectivity index (χ0) is 12.8. The summed E-state index contributed by atoms with van der Waals surface area (Å²) in [7, 11) is 0. The van der Waals surface area contributed by atoms with Gasteiger partial charge >= 0.3 is 0 Å². The van der Waals surface area contributed by atoms with Gasteiger partial charge in [0.2, 0.25) is 11.8 Å². The minimum Gasteiger partial charge on any atom is -0.345 e. The number of nitrogens with zero attached hydrogens (tertiary/aromatic N) is 1. The molecule has 5 nitrogen and oxygen atoms in total. The first-order valence-electron chi connectivity index (χ1n) is 5.11. The topological polar surface area (TPSA) is 82.0 Å². The molecule has 0 saturated carbocycles. The highest BCUT2D eigenvalue weighted by Crippen LogP contribution is 2.09. The van der Waals surface area contributed by atoms with Crippen LogP contribution in [0.3, 0.4) is 0 Å². The van der Waals surface area contributed by atoms with Gasteiger partial charge in [-0.1, -0.05) is 6.07 Å². The van der Waals surface area contributed by atoms with Crippen LogP contribution >= 0.6 is 0 Å². The van der Waals surface area contributed by atoms with Gasteiger partial charge in [0.05, 0.1) is 11.6 Å². The van der Waals surface area contributed by atoms with E-state index in [-0.39, 0.29) is 11.8 Å². The van der Waals surface area contributed by atoms with E-state index in [9.17, 15) is 9.59 Å². The highest BCUT2D eigenvalue weighted by Gasteiger charge is 2.13. The first-order chi connectivity index (χ1) is 8.02. The maximum Gasteiger partial charge on any atom is 0.246 e. The van der Waals surface area contributed by atoms with Crippen LogP contribution in [0.4, 0.5) is 5.69 Å². The van der Waals surface area contributed by atoms with E-state index < -0.39 is 6.04 Å². The average Bonchev–Trinajstić information content (AvgIpc) is 2.28. The van der Waals surface area contributed by atoms with Crippen LogP contribution in [0.5, 0.6) is 0 Å². The number of carbonyl (C=O) groups excluding carboxylic acids is 2. The second-order valence-corrected chi connectivity index (χ2v) is 3.60. The minimum absolute atomic E-state index is 0.265. The van der Waals surface area contributed by atoms with E-state index in [0.29, 0.717) is 11.3 Å². The number of nitriles is 1. The van der Waals surface area contributed by atoms with Crippen LogP contribution in [0.2, 0.25) is 0 Å². The Morgan fingerprint density at radius 2 is 2.12 bits per heavy atom. The molecule has 1 aromatic rings. The molecular formula is C12H13N3O2. The maximum absolute atomic E-state index is 11.6.